The van der Waals surface area contributed by atoms with E-state index in [0.29, 0.717) is 0 Å². The third-order valence-corrected chi connectivity index (χ3v) is 9.87. The van der Waals surface area contributed by atoms with E-state index in [1.165, 1.54) is 55.6 Å². The van der Waals surface area contributed by atoms with Crippen LogP contribution in [0, 0.1) is 6.92 Å². The number of rotatable bonds is 7. The van der Waals surface area contributed by atoms with E-state index in [9.17, 15) is 0 Å². The molecule has 226 valence electrons. The van der Waals surface area contributed by atoms with E-state index in [1.54, 1.807) is 0 Å². The van der Waals surface area contributed by atoms with Crippen molar-refractivity contribution in [3.63, 3.8) is 0 Å². The highest BCUT2D eigenvalue weighted by Gasteiger charge is 2.46. The zero-order valence-electron chi connectivity index (χ0n) is 26.9. The van der Waals surface area contributed by atoms with Crippen LogP contribution in [0.5, 0.6) is 0 Å². The smallest absolute Gasteiger partial charge is 0.0714 e. The first-order valence-electron chi connectivity index (χ1n) is 16.6. The average Bonchev–Trinajstić information content (AvgIpc) is 3.43. The molecule has 1 heteroatoms. The van der Waals surface area contributed by atoms with Gasteiger partial charge in [0, 0.05) is 17.1 Å². The standard InChI is InChI=1S/C46H37N/c1-3-34-17-13-14-24-41(34)40-29-27-38(31-33(40)2)47(37-22-11-6-12-23-37)39-28-30-43-42-25-15-16-26-44(42)46(45(43)32-39,35-18-7-4-8-19-35)36-20-9-5-10-21-36/h4-32H,3H2,1-2H3. The number of hydrogen-bond acceptors (Lipinski definition) is 1. The number of aryl methyl sites for hydroxylation is 2. The van der Waals surface area contributed by atoms with Crippen LogP contribution >= 0.6 is 0 Å². The minimum Gasteiger partial charge on any atom is -0.310 e. The molecule has 0 saturated heterocycles. The summed E-state index contributed by atoms with van der Waals surface area (Å²) in [7, 11) is 0. The first kappa shape index (κ1) is 28.8. The van der Waals surface area contributed by atoms with Crippen molar-refractivity contribution in [3.05, 3.63) is 209 Å². The molecule has 0 atom stereocenters. The third kappa shape index (κ3) is 4.70. The highest BCUT2D eigenvalue weighted by Crippen LogP contribution is 2.57. The molecule has 0 N–H and O–H groups in total. The van der Waals surface area contributed by atoms with Crippen molar-refractivity contribution in [3.8, 4) is 22.3 Å². The van der Waals surface area contributed by atoms with Crippen molar-refractivity contribution in [2.75, 3.05) is 4.90 Å². The summed E-state index contributed by atoms with van der Waals surface area (Å²) in [6, 6.07) is 64.6. The number of benzene rings is 7. The highest BCUT2D eigenvalue weighted by molar-refractivity contribution is 5.90. The largest absolute Gasteiger partial charge is 0.310 e. The third-order valence-electron chi connectivity index (χ3n) is 9.87. The van der Waals surface area contributed by atoms with Gasteiger partial charge in [0.25, 0.3) is 0 Å². The fraction of sp³-hybridized carbons (Fsp3) is 0.0870. The average molecular weight is 604 g/mol. The van der Waals surface area contributed by atoms with Crippen LogP contribution in [-0.4, -0.2) is 0 Å². The van der Waals surface area contributed by atoms with Crippen LogP contribution in [0.2, 0.25) is 0 Å². The molecule has 0 unspecified atom stereocenters. The molecule has 0 heterocycles. The van der Waals surface area contributed by atoms with Crippen LogP contribution in [0.4, 0.5) is 17.1 Å². The Morgan fingerprint density at radius 3 is 1.57 bits per heavy atom. The summed E-state index contributed by atoms with van der Waals surface area (Å²) in [6.45, 7) is 4.47. The quantitative estimate of drug-likeness (QED) is 0.175. The topological polar surface area (TPSA) is 3.24 Å². The molecule has 0 aromatic heterocycles. The van der Waals surface area contributed by atoms with Gasteiger partial charge in [-0.15, -0.1) is 0 Å². The fourth-order valence-electron chi connectivity index (χ4n) is 7.78. The first-order chi connectivity index (χ1) is 23.2. The summed E-state index contributed by atoms with van der Waals surface area (Å²) in [5.41, 5.74) is 16.0. The number of hydrogen-bond donors (Lipinski definition) is 0. The first-order valence-corrected chi connectivity index (χ1v) is 16.6. The summed E-state index contributed by atoms with van der Waals surface area (Å²) >= 11 is 0. The summed E-state index contributed by atoms with van der Waals surface area (Å²) in [4.78, 5) is 2.41. The van der Waals surface area contributed by atoms with Crippen molar-refractivity contribution in [1.82, 2.24) is 0 Å². The summed E-state index contributed by atoms with van der Waals surface area (Å²) in [5, 5.41) is 0. The van der Waals surface area contributed by atoms with Gasteiger partial charge >= 0.3 is 0 Å². The zero-order valence-corrected chi connectivity index (χ0v) is 26.9. The van der Waals surface area contributed by atoms with E-state index >= 15 is 0 Å². The van der Waals surface area contributed by atoms with Crippen LogP contribution in [0.1, 0.15) is 40.3 Å². The van der Waals surface area contributed by atoms with Gasteiger partial charge in [0.05, 0.1) is 5.41 Å². The summed E-state index contributed by atoms with van der Waals surface area (Å²) < 4.78 is 0. The molecule has 8 rings (SSSR count). The second kappa shape index (κ2) is 11.9. The Hall–Kier alpha value is -5.66. The molecule has 1 aliphatic rings. The fourth-order valence-corrected chi connectivity index (χ4v) is 7.78. The SMILES string of the molecule is CCc1ccccc1-c1ccc(N(c2ccccc2)c2ccc3c(c2)C(c2ccccc2)(c2ccccc2)c2ccccc2-3)cc1C. The van der Waals surface area contributed by atoms with Gasteiger partial charge in [0.15, 0.2) is 0 Å². The molecule has 1 aliphatic carbocycles. The van der Waals surface area contributed by atoms with Crippen molar-refractivity contribution >= 4 is 17.1 Å². The van der Waals surface area contributed by atoms with Crippen LogP contribution in [0.25, 0.3) is 22.3 Å². The monoisotopic (exact) mass is 603 g/mol. The van der Waals surface area contributed by atoms with Crippen molar-refractivity contribution in [1.29, 1.82) is 0 Å². The molecule has 0 aliphatic heterocycles. The Morgan fingerprint density at radius 2 is 0.936 bits per heavy atom. The van der Waals surface area contributed by atoms with Crippen LogP contribution in [0.15, 0.2) is 176 Å². The van der Waals surface area contributed by atoms with E-state index in [-0.39, 0.29) is 0 Å². The molecule has 0 radical (unpaired) electrons. The molecule has 7 aromatic rings. The van der Waals surface area contributed by atoms with E-state index in [1.807, 2.05) is 0 Å². The van der Waals surface area contributed by atoms with Gasteiger partial charge in [-0.05, 0) is 105 Å². The van der Waals surface area contributed by atoms with Gasteiger partial charge in [-0.2, -0.15) is 0 Å². The van der Waals surface area contributed by atoms with Crippen molar-refractivity contribution in [2.45, 2.75) is 25.7 Å². The molecule has 1 nitrogen and oxygen atoms in total. The molecule has 47 heavy (non-hydrogen) atoms. The Labute approximate surface area is 278 Å². The van der Waals surface area contributed by atoms with Crippen LogP contribution < -0.4 is 4.90 Å². The lowest BCUT2D eigenvalue weighted by atomic mass is 9.67. The molecule has 0 saturated carbocycles. The Balaban J connectivity index is 1.36. The van der Waals surface area contributed by atoms with Crippen molar-refractivity contribution in [2.24, 2.45) is 0 Å². The lowest BCUT2D eigenvalue weighted by Crippen LogP contribution is -2.28. The predicted molar refractivity (Wildman–Crippen MR) is 198 cm³/mol. The van der Waals surface area contributed by atoms with E-state index < -0.39 is 5.41 Å². The second-order valence-corrected chi connectivity index (χ2v) is 12.4. The van der Waals surface area contributed by atoms with E-state index in [4.69, 9.17) is 0 Å². The van der Waals surface area contributed by atoms with Crippen LogP contribution in [0.3, 0.4) is 0 Å². The lowest BCUT2D eigenvalue weighted by Gasteiger charge is -2.35. The molecule has 0 bridgehead atoms. The van der Waals surface area contributed by atoms with Gasteiger partial charge < -0.3 is 4.90 Å². The van der Waals surface area contributed by atoms with Gasteiger partial charge in [0.2, 0.25) is 0 Å². The molecule has 0 spiro atoms. The summed E-state index contributed by atoms with van der Waals surface area (Å²) in [5.74, 6) is 0. The minimum absolute atomic E-state index is 0.448. The molecule has 0 fully saturated rings. The van der Waals surface area contributed by atoms with Gasteiger partial charge in [-0.1, -0.05) is 146 Å². The molecular weight excluding hydrogens is 567 g/mol. The summed E-state index contributed by atoms with van der Waals surface area (Å²) in [6.07, 6.45) is 1.01. The maximum Gasteiger partial charge on any atom is 0.0714 e. The number of fused-ring (bicyclic) bond motifs is 3. The van der Waals surface area contributed by atoms with Gasteiger partial charge in [-0.25, -0.2) is 0 Å². The Bertz CT molecular complexity index is 2140. The van der Waals surface area contributed by atoms with Gasteiger partial charge in [0.1, 0.15) is 0 Å². The number of nitrogens with zero attached hydrogens (tertiary/aromatic N) is 1. The Morgan fingerprint density at radius 1 is 0.426 bits per heavy atom. The maximum atomic E-state index is 2.44. The highest BCUT2D eigenvalue weighted by atomic mass is 15.1. The van der Waals surface area contributed by atoms with E-state index in [2.05, 4.69) is 195 Å². The normalized spacial score (nSPS) is 12.7. The molecule has 0 amide bonds. The lowest BCUT2D eigenvalue weighted by molar-refractivity contribution is 0.768. The minimum atomic E-state index is -0.448. The van der Waals surface area contributed by atoms with Crippen molar-refractivity contribution < 1.29 is 0 Å². The maximum absolute atomic E-state index is 2.44. The molecular formula is C46H37N. The molecule has 7 aromatic carbocycles. The van der Waals surface area contributed by atoms with Crippen LogP contribution in [-0.2, 0) is 11.8 Å². The number of anilines is 3. The van der Waals surface area contributed by atoms with E-state index in [0.717, 1.165) is 23.5 Å². The Kier molecular flexibility index (Phi) is 7.31. The van der Waals surface area contributed by atoms with Gasteiger partial charge in [-0.3, -0.25) is 0 Å². The predicted octanol–water partition coefficient (Wildman–Crippen LogP) is 12.1. The number of para-hydroxylation sites is 1. The zero-order chi connectivity index (χ0) is 31.8. The second-order valence-electron chi connectivity index (χ2n) is 12.4.